The molecule has 0 bridgehead atoms. The van der Waals surface area contributed by atoms with Crippen molar-refractivity contribution >= 4 is 11.0 Å². The van der Waals surface area contributed by atoms with E-state index in [1.165, 1.54) is 11.1 Å². The quantitative estimate of drug-likeness (QED) is 0.428. The summed E-state index contributed by atoms with van der Waals surface area (Å²) in [5, 5.41) is 0. The fourth-order valence-electron chi connectivity index (χ4n) is 3.45. The molecule has 1 aromatic heterocycles. The summed E-state index contributed by atoms with van der Waals surface area (Å²) in [7, 11) is 0. The Hall–Kier alpha value is -3.07. The molecule has 0 saturated heterocycles. The number of benzene rings is 3. The third-order valence-electron chi connectivity index (χ3n) is 4.95. The summed E-state index contributed by atoms with van der Waals surface area (Å²) in [6.45, 7) is 5.09. The van der Waals surface area contributed by atoms with Crippen molar-refractivity contribution in [1.29, 1.82) is 0 Å². The number of rotatable bonds is 6. The lowest BCUT2D eigenvalue weighted by molar-refractivity contribution is 0.187. The van der Waals surface area contributed by atoms with Crippen LogP contribution in [0.2, 0.25) is 0 Å². The van der Waals surface area contributed by atoms with E-state index in [1.54, 1.807) is 0 Å². The number of imidazole rings is 1. The summed E-state index contributed by atoms with van der Waals surface area (Å²) < 4.78 is 8.60. The largest absolute Gasteiger partial charge is 0.483 e. The lowest BCUT2D eigenvalue weighted by atomic mass is 10.1. The maximum Gasteiger partial charge on any atom is 0.156 e. The minimum atomic E-state index is -0.0937. The van der Waals surface area contributed by atoms with Crippen LogP contribution in [0.15, 0.2) is 78.9 Å². The molecule has 0 saturated carbocycles. The lowest BCUT2D eigenvalue weighted by Gasteiger charge is -2.19. The van der Waals surface area contributed by atoms with Gasteiger partial charge in [-0.1, -0.05) is 61.5 Å². The fraction of sp³-hybridized carbons (Fsp3) is 0.208. The van der Waals surface area contributed by atoms with Crippen LogP contribution in [0.5, 0.6) is 5.75 Å². The second kappa shape index (κ2) is 7.67. The first kappa shape index (κ1) is 17.3. The standard InChI is InChI=1S/C24H24N2O/c1-3-23(27-20-13-5-4-6-14-20)24-25-21-15-9-10-16-22(21)26(24)17-19-12-8-7-11-18(19)2/h4-16,23H,3,17H2,1-2H3. The van der Waals surface area contributed by atoms with E-state index in [1.807, 2.05) is 36.4 Å². The van der Waals surface area contributed by atoms with Crippen LogP contribution in [0.3, 0.4) is 0 Å². The average molecular weight is 356 g/mol. The molecule has 3 aromatic carbocycles. The number of fused-ring (bicyclic) bond motifs is 1. The second-order valence-electron chi connectivity index (χ2n) is 6.80. The number of hydrogen-bond donors (Lipinski definition) is 0. The summed E-state index contributed by atoms with van der Waals surface area (Å²) >= 11 is 0. The van der Waals surface area contributed by atoms with Crippen LogP contribution in [-0.4, -0.2) is 9.55 Å². The molecular weight excluding hydrogens is 332 g/mol. The molecule has 3 nitrogen and oxygen atoms in total. The molecule has 27 heavy (non-hydrogen) atoms. The van der Waals surface area contributed by atoms with Gasteiger partial charge in [-0.3, -0.25) is 0 Å². The number of para-hydroxylation sites is 3. The predicted octanol–water partition coefficient (Wildman–Crippen LogP) is 5.92. The van der Waals surface area contributed by atoms with Gasteiger partial charge in [0, 0.05) is 6.54 Å². The van der Waals surface area contributed by atoms with Crippen molar-refractivity contribution in [3.05, 3.63) is 95.8 Å². The van der Waals surface area contributed by atoms with Gasteiger partial charge >= 0.3 is 0 Å². The highest BCUT2D eigenvalue weighted by atomic mass is 16.5. The van der Waals surface area contributed by atoms with Gasteiger partial charge in [0.05, 0.1) is 11.0 Å². The van der Waals surface area contributed by atoms with Gasteiger partial charge in [0.25, 0.3) is 0 Å². The Labute approximate surface area is 160 Å². The van der Waals surface area contributed by atoms with Gasteiger partial charge in [-0.05, 0) is 48.7 Å². The third-order valence-corrected chi connectivity index (χ3v) is 4.95. The predicted molar refractivity (Wildman–Crippen MR) is 110 cm³/mol. The van der Waals surface area contributed by atoms with E-state index in [9.17, 15) is 0 Å². The molecular formula is C24H24N2O. The van der Waals surface area contributed by atoms with E-state index >= 15 is 0 Å². The molecule has 0 fully saturated rings. The fourth-order valence-corrected chi connectivity index (χ4v) is 3.45. The van der Waals surface area contributed by atoms with E-state index in [-0.39, 0.29) is 6.10 Å². The van der Waals surface area contributed by atoms with Gasteiger partial charge in [0.1, 0.15) is 5.75 Å². The number of aromatic nitrogens is 2. The molecule has 0 radical (unpaired) electrons. The molecule has 1 heterocycles. The maximum atomic E-state index is 6.30. The van der Waals surface area contributed by atoms with Crippen LogP contribution in [0.4, 0.5) is 0 Å². The SMILES string of the molecule is CCC(Oc1ccccc1)c1nc2ccccc2n1Cc1ccccc1C. The van der Waals surface area contributed by atoms with Crippen LogP contribution in [0, 0.1) is 6.92 Å². The zero-order valence-electron chi connectivity index (χ0n) is 15.8. The molecule has 4 aromatic rings. The smallest absolute Gasteiger partial charge is 0.156 e. The highest BCUT2D eigenvalue weighted by Gasteiger charge is 2.21. The number of hydrogen-bond acceptors (Lipinski definition) is 2. The van der Waals surface area contributed by atoms with E-state index in [2.05, 4.69) is 60.9 Å². The van der Waals surface area contributed by atoms with Crippen LogP contribution in [-0.2, 0) is 6.54 Å². The highest BCUT2D eigenvalue weighted by Crippen LogP contribution is 2.28. The van der Waals surface area contributed by atoms with Crippen LogP contribution >= 0.6 is 0 Å². The first-order chi connectivity index (χ1) is 13.3. The zero-order valence-corrected chi connectivity index (χ0v) is 15.8. The van der Waals surface area contributed by atoms with Gasteiger partial charge < -0.3 is 9.30 Å². The topological polar surface area (TPSA) is 27.1 Å². The summed E-state index contributed by atoms with van der Waals surface area (Å²) in [5.74, 6) is 1.85. The second-order valence-corrected chi connectivity index (χ2v) is 6.80. The van der Waals surface area contributed by atoms with Crippen LogP contribution < -0.4 is 4.74 Å². The molecule has 0 aliphatic heterocycles. The van der Waals surface area contributed by atoms with Crippen LogP contribution in [0.1, 0.15) is 36.4 Å². The average Bonchev–Trinajstić information content (AvgIpc) is 3.07. The summed E-state index contributed by atoms with van der Waals surface area (Å²) in [6, 6.07) is 26.8. The minimum Gasteiger partial charge on any atom is -0.483 e. The Morgan fingerprint density at radius 1 is 0.889 bits per heavy atom. The van der Waals surface area contributed by atoms with Crippen molar-refractivity contribution in [2.24, 2.45) is 0 Å². The number of ether oxygens (including phenoxy) is 1. The molecule has 0 aliphatic carbocycles. The Bertz CT molecular complexity index is 1040. The summed E-state index contributed by atoms with van der Waals surface area (Å²) in [6.07, 6.45) is 0.759. The van der Waals surface area contributed by atoms with Crippen molar-refractivity contribution in [3.8, 4) is 5.75 Å². The monoisotopic (exact) mass is 356 g/mol. The van der Waals surface area contributed by atoms with Gasteiger partial charge in [-0.15, -0.1) is 0 Å². The van der Waals surface area contributed by atoms with E-state index in [0.717, 1.165) is 35.6 Å². The zero-order chi connectivity index (χ0) is 18.6. The van der Waals surface area contributed by atoms with E-state index in [0.29, 0.717) is 0 Å². The highest BCUT2D eigenvalue weighted by molar-refractivity contribution is 5.76. The summed E-state index contributed by atoms with van der Waals surface area (Å²) in [5.41, 5.74) is 4.75. The summed E-state index contributed by atoms with van der Waals surface area (Å²) in [4.78, 5) is 4.94. The third kappa shape index (κ3) is 3.59. The first-order valence-electron chi connectivity index (χ1n) is 9.47. The molecule has 0 amide bonds. The Morgan fingerprint density at radius 2 is 1.59 bits per heavy atom. The van der Waals surface area contributed by atoms with Gasteiger partial charge in [-0.25, -0.2) is 4.98 Å². The molecule has 136 valence electrons. The molecule has 0 spiro atoms. The number of aryl methyl sites for hydroxylation is 1. The Morgan fingerprint density at radius 3 is 2.37 bits per heavy atom. The molecule has 1 unspecified atom stereocenters. The Kier molecular flexibility index (Phi) is 4.93. The van der Waals surface area contributed by atoms with Gasteiger partial charge in [0.2, 0.25) is 0 Å². The first-order valence-corrected chi connectivity index (χ1v) is 9.47. The minimum absolute atomic E-state index is 0.0937. The van der Waals surface area contributed by atoms with Crippen molar-refractivity contribution < 1.29 is 4.74 Å². The van der Waals surface area contributed by atoms with Crippen molar-refractivity contribution in [2.75, 3.05) is 0 Å². The molecule has 0 aliphatic rings. The van der Waals surface area contributed by atoms with E-state index in [4.69, 9.17) is 9.72 Å². The van der Waals surface area contributed by atoms with Gasteiger partial charge in [0.15, 0.2) is 11.9 Å². The van der Waals surface area contributed by atoms with E-state index < -0.39 is 0 Å². The lowest BCUT2D eigenvalue weighted by Crippen LogP contribution is -2.15. The Balaban J connectivity index is 1.78. The molecule has 0 N–H and O–H groups in total. The molecule has 3 heteroatoms. The van der Waals surface area contributed by atoms with Crippen molar-refractivity contribution in [1.82, 2.24) is 9.55 Å². The van der Waals surface area contributed by atoms with Crippen molar-refractivity contribution in [2.45, 2.75) is 32.9 Å². The van der Waals surface area contributed by atoms with Gasteiger partial charge in [-0.2, -0.15) is 0 Å². The maximum absolute atomic E-state index is 6.30. The molecule has 4 rings (SSSR count). The normalized spacial score (nSPS) is 12.2. The number of nitrogens with zero attached hydrogens (tertiary/aromatic N) is 2. The van der Waals surface area contributed by atoms with Crippen molar-refractivity contribution in [3.63, 3.8) is 0 Å². The molecule has 1 atom stereocenters. The van der Waals surface area contributed by atoms with Crippen LogP contribution in [0.25, 0.3) is 11.0 Å².